The van der Waals surface area contributed by atoms with Gasteiger partial charge in [0.25, 0.3) is 11.8 Å². The Hall–Kier alpha value is -3.63. The van der Waals surface area contributed by atoms with Crippen LogP contribution in [0.15, 0.2) is 60.0 Å². The van der Waals surface area contributed by atoms with Crippen LogP contribution in [0.25, 0.3) is 0 Å². The van der Waals surface area contributed by atoms with Crippen LogP contribution < -0.4 is 10.2 Å². The van der Waals surface area contributed by atoms with Crippen LogP contribution in [0, 0.1) is 11.3 Å². The van der Waals surface area contributed by atoms with Gasteiger partial charge in [0.05, 0.1) is 17.2 Å². The van der Waals surface area contributed by atoms with Crippen molar-refractivity contribution in [2.45, 2.75) is 26.2 Å². The Morgan fingerprint density at radius 3 is 2.38 bits per heavy atom. The molecule has 0 radical (unpaired) electrons. The van der Waals surface area contributed by atoms with Gasteiger partial charge in [-0.2, -0.15) is 5.26 Å². The summed E-state index contributed by atoms with van der Waals surface area (Å²) in [5.41, 5.74) is 3.98. The van der Waals surface area contributed by atoms with Crippen LogP contribution >= 0.6 is 11.3 Å². The highest BCUT2D eigenvalue weighted by Crippen LogP contribution is 2.27. The minimum absolute atomic E-state index is 0.0617. The van der Waals surface area contributed by atoms with E-state index in [4.69, 9.17) is 5.26 Å². The first-order chi connectivity index (χ1) is 16.5. The Kier molecular flexibility index (Phi) is 7.29. The summed E-state index contributed by atoms with van der Waals surface area (Å²) in [6, 6.07) is 19.1. The molecule has 1 aliphatic rings. The van der Waals surface area contributed by atoms with E-state index in [0.29, 0.717) is 47.2 Å². The highest BCUT2D eigenvalue weighted by atomic mass is 32.1. The first kappa shape index (κ1) is 23.5. The molecule has 0 saturated carbocycles. The van der Waals surface area contributed by atoms with Crippen LogP contribution in [0.2, 0.25) is 0 Å². The van der Waals surface area contributed by atoms with E-state index in [2.05, 4.69) is 30.1 Å². The number of benzene rings is 2. The molecule has 0 unspecified atom stereocenters. The van der Waals surface area contributed by atoms with E-state index in [9.17, 15) is 9.59 Å². The third-order valence-corrected chi connectivity index (χ3v) is 6.94. The zero-order valence-electron chi connectivity index (χ0n) is 19.5. The minimum Gasteiger partial charge on any atom is -0.370 e. The summed E-state index contributed by atoms with van der Waals surface area (Å²) >= 11 is 1.36. The molecule has 2 amide bonds. The lowest BCUT2D eigenvalue weighted by Gasteiger charge is -2.24. The van der Waals surface area contributed by atoms with Gasteiger partial charge in [-0.15, -0.1) is 11.3 Å². The third-order valence-electron chi connectivity index (χ3n) is 6.11. The normalized spacial score (nSPS) is 13.9. The van der Waals surface area contributed by atoms with Gasteiger partial charge in [-0.25, -0.2) is 0 Å². The fourth-order valence-electron chi connectivity index (χ4n) is 4.07. The monoisotopic (exact) mass is 472 g/mol. The summed E-state index contributed by atoms with van der Waals surface area (Å²) in [6.07, 6.45) is 0.847. The fourth-order valence-corrected chi connectivity index (χ4v) is 4.84. The average Bonchev–Trinajstić information content (AvgIpc) is 3.17. The number of nitrogens with one attached hydrogen (secondary N) is 1. The number of thiophene rings is 1. The Morgan fingerprint density at radius 1 is 0.971 bits per heavy atom. The van der Waals surface area contributed by atoms with Crippen molar-refractivity contribution in [2.24, 2.45) is 0 Å². The van der Waals surface area contributed by atoms with Gasteiger partial charge in [0, 0.05) is 37.4 Å². The van der Waals surface area contributed by atoms with Crippen molar-refractivity contribution in [1.82, 2.24) is 4.90 Å². The maximum Gasteiger partial charge on any atom is 0.256 e. The molecule has 1 aliphatic heterocycles. The van der Waals surface area contributed by atoms with Crippen LogP contribution in [-0.2, 0) is 0 Å². The van der Waals surface area contributed by atoms with Crippen molar-refractivity contribution in [3.8, 4) is 6.07 Å². The smallest absolute Gasteiger partial charge is 0.256 e. The summed E-state index contributed by atoms with van der Waals surface area (Å²) in [7, 11) is 0. The lowest BCUT2D eigenvalue weighted by atomic mass is 10.0. The number of carbonyl (C=O) groups is 2. The van der Waals surface area contributed by atoms with Gasteiger partial charge in [0.1, 0.15) is 5.00 Å². The van der Waals surface area contributed by atoms with Crippen molar-refractivity contribution < 1.29 is 9.59 Å². The quantitative estimate of drug-likeness (QED) is 0.543. The molecule has 0 bridgehead atoms. The van der Waals surface area contributed by atoms with Crippen LogP contribution in [0.4, 0.5) is 10.7 Å². The van der Waals surface area contributed by atoms with E-state index in [1.165, 1.54) is 16.9 Å². The second kappa shape index (κ2) is 10.5. The van der Waals surface area contributed by atoms with Gasteiger partial charge in [0.15, 0.2) is 0 Å². The zero-order valence-corrected chi connectivity index (χ0v) is 20.3. The van der Waals surface area contributed by atoms with Gasteiger partial charge in [-0.05, 0) is 65.7 Å². The molecule has 7 heteroatoms. The molecule has 174 valence electrons. The molecule has 6 nitrogen and oxygen atoms in total. The SMILES string of the molecule is CC(C)c1ccc(C(=O)Nc2sccc2C(=O)N2CCCN(c3ccc(C#N)cc3)CC2)cc1. The molecular formula is C27H28N4O2S. The molecule has 2 aromatic carbocycles. The molecule has 34 heavy (non-hydrogen) atoms. The molecule has 1 fully saturated rings. The molecule has 3 aromatic rings. The predicted molar refractivity (Wildman–Crippen MR) is 137 cm³/mol. The summed E-state index contributed by atoms with van der Waals surface area (Å²) in [5.74, 6) is 0.128. The van der Waals surface area contributed by atoms with E-state index in [1.807, 2.05) is 58.8 Å². The van der Waals surface area contributed by atoms with E-state index in [1.54, 1.807) is 6.07 Å². The van der Waals surface area contributed by atoms with Gasteiger partial charge in [-0.3, -0.25) is 9.59 Å². The van der Waals surface area contributed by atoms with Crippen LogP contribution in [-0.4, -0.2) is 42.9 Å². The number of anilines is 2. The van der Waals surface area contributed by atoms with Crippen molar-refractivity contribution >= 4 is 33.8 Å². The molecule has 0 aliphatic carbocycles. The topological polar surface area (TPSA) is 76.4 Å². The average molecular weight is 473 g/mol. The van der Waals surface area contributed by atoms with Gasteiger partial charge in [-0.1, -0.05) is 26.0 Å². The van der Waals surface area contributed by atoms with Crippen LogP contribution in [0.3, 0.4) is 0 Å². The van der Waals surface area contributed by atoms with E-state index >= 15 is 0 Å². The third kappa shape index (κ3) is 5.29. The lowest BCUT2D eigenvalue weighted by molar-refractivity contribution is 0.0768. The Morgan fingerprint density at radius 2 is 1.71 bits per heavy atom. The van der Waals surface area contributed by atoms with Crippen molar-refractivity contribution in [3.63, 3.8) is 0 Å². The summed E-state index contributed by atoms with van der Waals surface area (Å²) in [6.45, 7) is 7.04. The maximum atomic E-state index is 13.3. The standard InChI is InChI=1S/C27H28N4O2S/c1-19(2)21-6-8-22(9-7-21)25(32)29-26-24(12-17-34-26)27(33)31-14-3-13-30(15-16-31)23-10-4-20(18-28)5-11-23/h4-12,17,19H,3,13-16H2,1-2H3,(H,29,32). The molecule has 1 aromatic heterocycles. The van der Waals surface area contributed by atoms with Crippen molar-refractivity contribution in [3.05, 3.63) is 82.2 Å². The van der Waals surface area contributed by atoms with E-state index in [0.717, 1.165) is 18.7 Å². The van der Waals surface area contributed by atoms with Crippen LogP contribution in [0.5, 0.6) is 0 Å². The number of hydrogen-bond acceptors (Lipinski definition) is 5. The molecule has 0 spiro atoms. The molecular weight excluding hydrogens is 444 g/mol. The fraction of sp³-hybridized carbons (Fsp3) is 0.296. The lowest BCUT2D eigenvalue weighted by Crippen LogP contribution is -2.35. The number of rotatable bonds is 5. The number of nitriles is 1. The number of hydrogen-bond donors (Lipinski definition) is 1. The molecule has 4 rings (SSSR count). The largest absolute Gasteiger partial charge is 0.370 e. The van der Waals surface area contributed by atoms with Crippen molar-refractivity contribution in [2.75, 3.05) is 36.4 Å². The summed E-state index contributed by atoms with van der Waals surface area (Å²) in [5, 5.41) is 14.4. The van der Waals surface area contributed by atoms with Gasteiger partial charge >= 0.3 is 0 Å². The number of nitrogens with zero attached hydrogens (tertiary/aromatic N) is 3. The minimum atomic E-state index is -0.213. The predicted octanol–water partition coefficient (Wildman–Crippen LogP) is 5.35. The van der Waals surface area contributed by atoms with Crippen molar-refractivity contribution in [1.29, 1.82) is 5.26 Å². The highest BCUT2D eigenvalue weighted by molar-refractivity contribution is 7.14. The van der Waals surface area contributed by atoms with Crippen LogP contribution in [0.1, 0.15) is 58.0 Å². The Balaban J connectivity index is 1.41. The second-order valence-corrected chi connectivity index (χ2v) is 9.60. The first-order valence-electron chi connectivity index (χ1n) is 11.5. The van der Waals surface area contributed by atoms with Gasteiger partial charge in [0.2, 0.25) is 0 Å². The van der Waals surface area contributed by atoms with Gasteiger partial charge < -0.3 is 15.1 Å². The number of amides is 2. The molecule has 0 atom stereocenters. The molecule has 1 saturated heterocycles. The molecule has 2 heterocycles. The summed E-state index contributed by atoms with van der Waals surface area (Å²) in [4.78, 5) is 30.2. The highest BCUT2D eigenvalue weighted by Gasteiger charge is 2.24. The Labute approximate surface area is 204 Å². The maximum absolute atomic E-state index is 13.3. The molecule has 1 N–H and O–H groups in total. The van der Waals surface area contributed by atoms with E-state index < -0.39 is 0 Å². The number of carbonyl (C=O) groups excluding carboxylic acids is 2. The first-order valence-corrected chi connectivity index (χ1v) is 12.4. The zero-order chi connectivity index (χ0) is 24.1. The van der Waals surface area contributed by atoms with E-state index in [-0.39, 0.29) is 11.8 Å². The summed E-state index contributed by atoms with van der Waals surface area (Å²) < 4.78 is 0. The Bertz CT molecular complexity index is 1190. The second-order valence-electron chi connectivity index (χ2n) is 8.69.